The van der Waals surface area contributed by atoms with Crippen LogP contribution in [0.4, 0.5) is 0 Å². The molecule has 0 bridgehead atoms. The molecule has 21 heavy (non-hydrogen) atoms. The summed E-state index contributed by atoms with van der Waals surface area (Å²) in [5.41, 5.74) is 7.28. The summed E-state index contributed by atoms with van der Waals surface area (Å²) in [6.07, 6.45) is 1.89. The van der Waals surface area contributed by atoms with Gasteiger partial charge in [-0.15, -0.1) is 0 Å². The van der Waals surface area contributed by atoms with Crippen molar-refractivity contribution in [1.29, 1.82) is 0 Å². The monoisotopic (exact) mass is 304 g/mol. The molecule has 4 nitrogen and oxygen atoms in total. The van der Waals surface area contributed by atoms with Crippen molar-refractivity contribution >= 4 is 17.4 Å². The molecule has 2 rings (SSSR count). The molecule has 2 aromatic rings. The minimum absolute atomic E-state index is 0.0179. The average molecular weight is 305 g/mol. The summed E-state index contributed by atoms with van der Waals surface area (Å²) in [5, 5.41) is 12.0. The number of rotatable bonds is 6. The molecule has 0 saturated carbocycles. The van der Waals surface area contributed by atoms with Gasteiger partial charge in [-0.05, 0) is 36.6 Å². The summed E-state index contributed by atoms with van der Waals surface area (Å²) in [6, 6.07) is 15.4. The van der Waals surface area contributed by atoms with Gasteiger partial charge in [0.15, 0.2) is 5.84 Å². The average Bonchev–Trinajstić information content (AvgIpc) is 2.52. The number of oxime groups is 1. The Morgan fingerprint density at radius 1 is 1.19 bits per heavy atom. The fraction of sp³-hybridized carbons (Fsp3) is 0.188. The maximum atomic E-state index is 8.64. The Morgan fingerprint density at radius 2 is 1.95 bits per heavy atom. The number of halogens is 1. The number of benzene rings is 2. The minimum Gasteiger partial charge on any atom is -0.494 e. The van der Waals surface area contributed by atoms with Crippen molar-refractivity contribution < 1.29 is 9.94 Å². The summed E-state index contributed by atoms with van der Waals surface area (Å²) < 4.78 is 5.65. The van der Waals surface area contributed by atoms with Crippen LogP contribution in [0, 0.1) is 0 Å². The molecule has 3 N–H and O–H groups in total. The van der Waals surface area contributed by atoms with E-state index in [4.69, 9.17) is 27.3 Å². The number of hydrogen-bond acceptors (Lipinski definition) is 3. The van der Waals surface area contributed by atoms with Crippen LogP contribution in [0.1, 0.15) is 17.5 Å². The molecule has 0 aliphatic rings. The van der Waals surface area contributed by atoms with Crippen LogP contribution in [0.3, 0.4) is 0 Å². The predicted octanol–water partition coefficient (Wildman–Crippen LogP) is 3.45. The summed E-state index contributed by atoms with van der Waals surface area (Å²) in [6.45, 7) is 0.605. The van der Waals surface area contributed by atoms with Crippen LogP contribution < -0.4 is 10.5 Å². The molecule has 5 heteroatoms. The molecule has 0 aliphatic heterocycles. The zero-order valence-corrected chi connectivity index (χ0v) is 12.3. The van der Waals surface area contributed by atoms with Gasteiger partial charge in [0, 0.05) is 5.56 Å². The summed E-state index contributed by atoms with van der Waals surface area (Å²) in [5.74, 6) is 0.651. The standard InChI is InChI=1S/C16H17ClN2O2/c17-15-11-13(8-9-14(15)16(18)19-20)21-10-4-7-12-5-2-1-3-6-12/h1-3,5-6,8-9,11,20H,4,7,10H2,(H2,18,19). The van der Waals surface area contributed by atoms with Crippen LogP contribution in [0.2, 0.25) is 5.02 Å². The highest BCUT2D eigenvalue weighted by Gasteiger charge is 2.06. The van der Waals surface area contributed by atoms with Gasteiger partial charge in [0.05, 0.1) is 11.6 Å². The SMILES string of the molecule is NC(=NO)c1ccc(OCCCc2ccccc2)cc1Cl. The highest BCUT2D eigenvalue weighted by atomic mass is 35.5. The van der Waals surface area contributed by atoms with Crippen LogP contribution in [0.5, 0.6) is 5.75 Å². The van der Waals surface area contributed by atoms with E-state index in [1.807, 2.05) is 18.2 Å². The van der Waals surface area contributed by atoms with Gasteiger partial charge in [0.2, 0.25) is 0 Å². The van der Waals surface area contributed by atoms with E-state index < -0.39 is 0 Å². The first-order chi connectivity index (χ1) is 10.2. The second-order valence-electron chi connectivity index (χ2n) is 4.56. The first-order valence-corrected chi connectivity index (χ1v) is 7.02. The third kappa shape index (κ3) is 4.39. The van der Waals surface area contributed by atoms with E-state index in [0.717, 1.165) is 12.8 Å². The molecule has 2 aromatic carbocycles. The maximum Gasteiger partial charge on any atom is 0.171 e. The molecule has 110 valence electrons. The largest absolute Gasteiger partial charge is 0.494 e. The zero-order valence-electron chi connectivity index (χ0n) is 11.5. The second kappa shape index (κ2) is 7.55. The van der Waals surface area contributed by atoms with Gasteiger partial charge in [-0.3, -0.25) is 0 Å². The molecule has 0 saturated heterocycles. The van der Waals surface area contributed by atoms with Crippen molar-refractivity contribution in [2.75, 3.05) is 6.61 Å². The molecule has 0 spiro atoms. The van der Waals surface area contributed by atoms with Crippen molar-refractivity contribution in [2.24, 2.45) is 10.9 Å². The van der Waals surface area contributed by atoms with Crippen molar-refractivity contribution in [2.45, 2.75) is 12.8 Å². The second-order valence-corrected chi connectivity index (χ2v) is 4.97. The summed E-state index contributed by atoms with van der Waals surface area (Å²) in [4.78, 5) is 0. The molecule has 0 atom stereocenters. The van der Waals surface area contributed by atoms with Crippen molar-refractivity contribution in [1.82, 2.24) is 0 Å². The highest BCUT2D eigenvalue weighted by Crippen LogP contribution is 2.22. The van der Waals surface area contributed by atoms with Gasteiger partial charge in [-0.25, -0.2) is 0 Å². The fourth-order valence-corrected chi connectivity index (χ4v) is 2.23. The number of aryl methyl sites for hydroxylation is 1. The fourth-order valence-electron chi connectivity index (χ4n) is 1.96. The first kappa shape index (κ1) is 15.2. The van der Waals surface area contributed by atoms with E-state index in [1.165, 1.54) is 5.56 Å². The molecule has 0 unspecified atom stereocenters. The third-order valence-electron chi connectivity index (χ3n) is 3.05. The van der Waals surface area contributed by atoms with Gasteiger partial charge in [0.25, 0.3) is 0 Å². The Labute approximate surface area is 128 Å². The number of nitrogens with zero attached hydrogens (tertiary/aromatic N) is 1. The Bertz CT molecular complexity index is 615. The predicted molar refractivity (Wildman–Crippen MR) is 84.2 cm³/mol. The zero-order chi connectivity index (χ0) is 15.1. The molecular weight excluding hydrogens is 288 g/mol. The lowest BCUT2D eigenvalue weighted by Crippen LogP contribution is -2.13. The molecule has 0 aliphatic carbocycles. The molecular formula is C16H17ClN2O2. The smallest absolute Gasteiger partial charge is 0.171 e. The molecule has 0 heterocycles. The normalized spacial score (nSPS) is 11.4. The van der Waals surface area contributed by atoms with Gasteiger partial charge in [-0.2, -0.15) is 0 Å². The topological polar surface area (TPSA) is 67.8 Å². The Hall–Kier alpha value is -2.20. The molecule has 0 fully saturated rings. The van der Waals surface area contributed by atoms with Crippen molar-refractivity contribution in [3.63, 3.8) is 0 Å². The first-order valence-electron chi connectivity index (χ1n) is 6.65. The Morgan fingerprint density at radius 3 is 2.62 bits per heavy atom. The van der Waals surface area contributed by atoms with E-state index >= 15 is 0 Å². The maximum absolute atomic E-state index is 8.64. The van der Waals surface area contributed by atoms with Gasteiger partial charge < -0.3 is 15.7 Å². The summed E-state index contributed by atoms with van der Waals surface area (Å²) in [7, 11) is 0. The third-order valence-corrected chi connectivity index (χ3v) is 3.36. The minimum atomic E-state index is -0.0179. The number of ether oxygens (including phenoxy) is 1. The lowest BCUT2D eigenvalue weighted by Gasteiger charge is -2.08. The van der Waals surface area contributed by atoms with Crippen molar-refractivity contribution in [3.8, 4) is 5.75 Å². The van der Waals surface area contributed by atoms with Crippen molar-refractivity contribution in [3.05, 3.63) is 64.7 Å². The lowest BCUT2D eigenvalue weighted by atomic mass is 10.1. The van der Waals surface area contributed by atoms with Crippen LogP contribution in [-0.2, 0) is 6.42 Å². The van der Waals surface area contributed by atoms with E-state index in [1.54, 1.807) is 18.2 Å². The van der Waals surface area contributed by atoms with Crippen LogP contribution >= 0.6 is 11.6 Å². The molecule has 0 radical (unpaired) electrons. The Kier molecular flexibility index (Phi) is 5.46. The number of hydrogen-bond donors (Lipinski definition) is 2. The van der Waals surface area contributed by atoms with Gasteiger partial charge >= 0.3 is 0 Å². The highest BCUT2D eigenvalue weighted by molar-refractivity contribution is 6.34. The summed E-state index contributed by atoms with van der Waals surface area (Å²) >= 11 is 6.06. The molecule has 0 amide bonds. The number of amidine groups is 1. The van der Waals surface area contributed by atoms with E-state index in [-0.39, 0.29) is 5.84 Å². The van der Waals surface area contributed by atoms with E-state index in [2.05, 4.69) is 17.3 Å². The van der Waals surface area contributed by atoms with Gasteiger partial charge in [-0.1, -0.05) is 47.1 Å². The van der Waals surface area contributed by atoms with E-state index in [0.29, 0.717) is 22.9 Å². The van der Waals surface area contributed by atoms with Crippen LogP contribution in [-0.4, -0.2) is 17.6 Å². The quantitative estimate of drug-likeness (QED) is 0.282. The Balaban J connectivity index is 1.85. The van der Waals surface area contributed by atoms with Crippen LogP contribution in [0.15, 0.2) is 53.7 Å². The molecule has 0 aromatic heterocycles. The van der Waals surface area contributed by atoms with Crippen LogP contribution in [0.25, 0.3) is 0 Å². The van der Waals surface area contributed by atoms with Gasteiger partial charge in [0.1, 0.15) is 5.75 Å². The lowest BCUT2D eigenvalue weighted by molar-refractivity contribution is 0.311. The van der Waals surface area contributed by atoms with E-state index in [9.17, 15) is 0 Å². The number of nitrogens with two attached hydrogens (primary N) is 1.